The Balaban J connectivity index is 1.66. The molecule has 7 nitrogen and oxygen atoms in total. The van der Waals surface area contributed by atoms with Gasteiger partial charge in [-0.15, -0.1) is 0 Å². The SMILES string of the molecule is COc1cc(Nc2ccnc3cc(OC)c(OC)cc23)cc(OC2CCOCC2)c1. The third kappa shape index (κ3) is 4.36. The first-order valence-corrected chi connectivity index (χ1v) is 9.91. The van der Waals surface area contributed by atoms with Gasteiger partial charge in [0.2, 0.25) is 0 Å². The third-order valence-corrected chi connectivity index (χ3v) is 5.11. The zero-order valence-corrected chi connectivity index (χ0v) is 17.4. The molecule has 7 heteroatoms. The zero-order valence-electron chi connectivity index (χ0n) is 17.4. The molecule has 1 saturated heterocycles. The van der Waals surface area contributed by atoms with Crippen LogP contribution in [0.1, 0.15) is 12.8 Å². The summed E-state index contributed by atoms with van der Waals surface area (Å²) in [6.07, 6.45) is 3.68. The van der Waals surface area contributed by atoms with E-state index in [0.717, 1.165) is 59.8 Å². The predicted molar refractivity (Wildman–Crippen MR) is 116 cm³/mol. The fraction of sp³-hybridized carbons (Fsp3) is 0.348. The molecule has 3 aromatic rings. The average molecular weight is 410 g/mol. The van der Waals surface area contributed by atoms with Gasteiger partial charge in [-0.2, -0.15) is 0 Å². The normalized spacial score (nSPS) is 14.4. The maximum atomic E-state index is 6.18. The second-order valence-corrected chi connectivity index (χ2v) is 7.03. The Morgan fingerprint density at radius 2 is 1.63 bits per heavy atom. The standard InChI is InChI=1S/C23H26N2O5/c1-26-17-10-15(11-18(12-17)30-16-5-8-29-9-6-16)25-20-4-7-24-21-14-23(28-3)22(27-2)13-19(20)21/h4,7,10-14,16H,5-6,8-9H2,1-3H3,(H,24,25). The smallest absolute Gasteiger partial charge is 0.162 e. The maximum absolute atomic E-state index is 6.18. The molecule has 0 aliphatic carbocycles. The molecule has 0 amide bonds. The Morgan fingerprint density at radius 3 is 2.37 bits per heavy atom. The Bertz CT molecular complexity index is 1020. The Hall–Kier alpha value is -3.19. The minimum Gasteiger partial charge on any atom is -0.497 e. The summed E-state index contributed by atoms with van der Waals surface area (Å²) >= 11 is 0. The number of benzene rings is 2. The molecule has 0 radical (unpaired) electrons. The van der Waals surface area contributed by atoms with Crippen molar-refractivity contribution >= 4 is 22.3 Å². The van der Waals surface area contributed by atoms with Gasteiger partial charge in [0.05, 0.1) is 40.1 Å². The van der Waals surface area contributed by atoms with Crippen molar-refractivity contribution in [2.45, 2.75) is 18.9 Å². The zero-order chi connectivity index (χ0) is 20.9. The van der Waals surface area contributed by atoms with Crippen LogP contribution in [0.25, 0.3) is 10.9 Å². The molecule has 0 atom stereocenters. The molecule has 0 unspecified atom stereocenters. The summed E-state index contributed by atoms with van der Waals surface area (Å²) in [5, 5.41) is 4.39. The van der Waals surface area contributed by atoms with Crippen molar-refractivity contribution in [3.05, 3.63) is 42.6 Å². The molecule has 0 bridgehead atoms. The summed E-state index contributed by atoms with van der Waals surface area (Å²) in [6, 6.07) is 11.5. The van der Waals surface area contributed by atoms with E-state index < -0.39 is 0 Å². The first-order chi connectivity index (χ1) is 14.7. The number of aromatic nitrogens is 1. The second-order valence-electron chi connectivity index (χ2n) is 7.03. The van der Waals surface area contributed by atoms with Crippen LogP contribution in [-0.2, 0) is 4.74 Å². The van der Waals surface area contributed by atoms with Gasteiger partial charge < -0.3 is 29.0 Å². The lowest BCUT2D eigenvalue weighted by atomic mass is 10.1. The maximum Gasteiger partial charge on any atom is 0.162 e. The van der Waals surface area contributed by atoms with E-state index in [-0.39, 0.29) is 6.10 Å². The van der Waals surface area contributed by atoms with Gasteiger partial charge in [0.15, 0.2) is 11.5 Å². The van der Waals surface area contributed by atoms with Gasteiger partial charge >= 0.3 is 0 Å². The lowest BCUT2D eigenvalue weighted by molar-refractivity contribution is 0.0255. The van der Waals surface area contributed by atoms with Crippen molar-refractivity contribution in [1.29, 1.82) is 0 Å². The van der Waals surface area contributed by atoms with E-state index >= 15 is 0 Å². The molecule has 0 spiro atoms. The first kappa shape index (κ1) is 20.1. The number of nitrogens with zero attached hydrogens (tertiary/aromatic N) is 1. The van der Waals surface area contributed by atoms with Crippen LogP contribution in [0, 0.1) is 0 Å². The van der Waals surface area contributed by atoms with Crippen LogP contribution in [-0.4, -0.2) is 45.6 Å². The van der Waals surface area contributed by atoms with Gasteiger partial charge in [-0.05, 0) is 12.1 Å². The number of anilines is 2. The van der Waals surface area contributed by atoms with E-state index in [9.17, 15) is 0 Å². The molecular formula is C23H26N2O5. The van der Waals surface area contributed by atoms with Crippen LogP contribution in [0.5, 0.6) is 23.0 Å². The van der Waals surface area contributed by atoms with E-state index in [1.807, 2.05) is 36.4 Å². The summed E-state index contributed by atoms with van der Waals surface area (Å²) in [5.74, 6) is 2.78. The second kappa shape index (κ2) is 9.09. The van der Waals surface area contributed by atoms with Gasteiger partial charge in [-0.3, -0.25) is 4.98 Å². The van der Waals surface area contributed by atoms with E-state index in [1.54, 1.807) is 27.5 Å². The lowest BCUT2D eigenvalue weighted by Crippen LogP contribution is -2.25. The number of nitrogens with one attached hydrogen (secondary N) is 1. The molecule has 1 N–H and O–H groups in total. The molecule has 4 rings (SSSR count). The number of hydrogen-bond donors (Lipinski definition) is 1. The summed E-state index contributed by atoms with van der Waals surface area (Å²) < 4.78 is 27.9. The fourth-order valence-corrected chi connectivity index (χ4v) is 3.55. The number of fused-ring (bicyclic) bond motifs is 1. The molecule has 1 aromatic heterocycles. The fourth-order valence-electron chi connectivity index (χ4n) is 3.55. The van der Waals surface area contributed by atoms with Gasteiger partial charge in [-0.1, -0.05) is 0 Å². The number of hydrogen-bond acceptors (Lipinski definition) is 7. The summed E-state index contributed by atoms with van der Waals surface area (Å²) in [7, 11) is 4.88. The van der Waals surface area contributed by atoms with Crippen LogP contribution >= 0.6 is 0 Å². The minimum atomic E-state index is 0.150. The molecular weight excluding hydrogens is 384 g/mol. The Morgan fingerprint density at radius 1 is 0.900 bits per heavy atom. The monoisotopic (exact) mass is 410 g/mol. The average Bonchev–Trinajstić information content (AvgIpc) is 2.78. The predicted octanol–water partition coefficient (Wildman–Crippen LogP) is 4.56. The molecule has 2 heterocycles. The van der Waals surface area contributed by atoms with Crippen LogP contribution in [0.4, 0.5) is 11.4 Å². The highest BCUT2D eigenvalue weighted by molar-refractivity contribution is 5.95. The van der Waals surface area contributed by atoms with Crippen molar-refractivity contribution in [2.75, 3.05) is 39.9 Å². The van der Waals surface area contributed by atoms with Crippen LogP contribution in [0.2, 0.25) is 0 Å². The van der Waals surface area contributed by atoms with Gasteiger partial charge in [-0.25, -0.2) is 0 Å². The Labute approximate surface area is 175 Å². The lowest BCUT2D eigenvalue weighted by Gasteiger charge is -2.24. The van der Waals surface area contributed by atoms with E-state index in [1.165, 1.54) is 0 Å². The molecule has 1 aliphatic rings. The van der Waals surface area contributed by atoms with E-state index in [0.29, 0.717) is 11.5 Å². The number of ether oxygens (including phenoxy) is 5. The number of pyridine rings is 1. The molecule has 1 fully saturated rings. The topological polar surface area (TPSA) is 71.1 Å². The first-order valence-electron chi connectivity index (χ1n) is 9.91. The number of rotatable bonds is 7. The molecule has 158 valence electrons. The molecule has 0 saturated carbocycles. The van der Waals surface area contributed by atoms with Crippen LogP contribution in [0.15, 0.2) is 42.6 Å². The molecule has 1 aliphatic heterocycles. The Kier molecular flexibility index (Phi) is 6.09. The third-order valence-electron chi connectivity index (χ3n) is 5.11. The van der Waals surface area contributed by atoms with Crippen molar-refractivity contribution in [3.63, 3.8) is 0 Å². The number of methoxy groups -OCH3 is 3. The van der Waals surface area contributed by atoms with Crippen molar-refractivity contribution in [2.24, 2.45) is 0 Å². The van der Waals surface area contributed by atoms with E-state index in [4.69, 9.17) is 23.7 Å². The van der Waals surface area contributed by atoms with Crippen molar-refractivity contribution < 1.29 is 23.7 Å². The van der Waals surface area contributed by atoms with Crippen molar-refractivity contribution in [1.82, 2.24) is 4.98 Å². The summed E-state index contributed by atoms with van der Waals surface area (Å²) in [4.78, 5) is 4.46. The highest BCUT2D eigenvalue weighted by atomic mass is 16.5. The summed E-state index contributed by atoms with van der Waals surface area (Å²) in [6.45, 7) is 1.46. The van der Waals surface area contributed by atoms with Crippen molar-refractivity contribution in [3.8, 4) is 23.0 Å². The highest BCUT2D eigenvalue weighted by Crippen LogP contribution is 2.36. The molecule has 2 aromatic carbocycles. The van der Waals surface area contributed by atoms with Gasteiger partial charge in [0.25, 0.3) is 0 Å². The van der Waals surface area contributed by atoms with Gasteiger partial charge in [0, 0.05) is 60.1 Å². The van der Waals surface area contributed by atoms with E-state index in [2.05, 4.69) is 10.3 Å². The quantitative estimate of drug-likeness (QED) is 0.612. The summed E-state index contributed by atoms with van der Waals surface area (Å²) in [5.41, 5.74) is 2.56. The molecule has 30 heavy (non-hydrogen) atoms. The minimum absolute atomic E-state index is 0.150. The largest absolute Gasteiger partial charge is 0.497 e. The highest BCUT2D eigenvalue weighted by Gasteiger charge is 2.16. The van der Waals surface area contributed by atoms with Gasteiger partial charge in [0.1, 0.15) is 17.6 Å². The van der Waals surface area contributed by atoms with Crippen LogP contribution < -0.4 is 24.3 Å². The van der Waals surface area contributed by atoms with Crippen LogP contribution in [0.3, 0.4) is 0 Å².